The lowest BCUT2D eigenvalue weighted by atomic mass is 10.00. The monoisotopic (exact) mass is 498 g/mol. The number of halogens is 2. The Bertz CT molecular complexity index is 1110. The first-order valence-electron chi connectivity index (χ1n) is 10.9. The van der Waals surface area contributed by atoms with Crippen LogP contribution in [0.5, 0.6) is 11.5 Å². The number of fused-ring (bicyclic) bond motifs is 1. The Morgan fingerprint density at radius 2 is 1.94 bits per heavy atom. The molecule has 2 N–H and O–H groups in total. The quantitative estimate of drug-likeness (QED) is 0.481. The number of ether oxygens (including phenoxy) is 2. The molecule has 0 aromatic heterocycles. The molecule has 1 heterocycles. The van der Waals surface area contributed by atoms with Crippen LogP contribution in [0, 0.1) is 11.7 Å². The summed E-state index contributed by atoms with van der Waals surface area (Å²) < 4.78 is 53.3. The third kappa shape index (κ3) is 6.37. The molecule has 7 nitrogen and oxygen atoms in total. The molecule has 1 unspecified atom stereocenters. The summed E-state index contributed by atoms with van der Waals surface area (Å²) in [5, 5.41) is 2.45. The normalized spacial score (nSPS) is 14.1. The van der Waals surface area contributed by atoms with Gasteiger partial charge in [-0.25, -0.2) is 17.5 Å². The number of unbranched alkanes of at least 4 members (excludes halogenated alkanes) is 1. The zero-order valence-electron chi connectivity index (χ0n) is 18.6. The van der Waals surface area contributed by atoms with Crippen LogP contribution in [-0.4, -0.2) is 34.1 Å². The van der Waals surface area contributed by atoms with Crippen molar-refractivity contribution >= 4 is 33.2 Å². The van der Waals surface area contributed by atoms with Gasteiger partial charge in [0, 0.05) is 18.3 Å². The van der Waals surface area contributed by atoms with E-state index in [-0.39, 0.29) is 51.8 Å². The number of benzene rings is 2. The van der Waals surface area contributed by atoms with Gasteiger partial charge in [0.15, 0.2) is 11.5 Å². The van der Waals surface area contributed by atoms with Crippen LogP contribution in [0.25, 0.3) is 0 Å². The molecule has 10 heteroatoms. The Morgan fingerprint density at radius 3 is 2.64 bits per heavy atom. The Labute approximate surface area is 198 Å². The molecule has 0 spiro atoms. The molecule has 33 heavy (non-hydrogen) atoms. The van der Waals surface area contributed by atoms with Crippen molar-refractivity contribution in [1.82, 2.24) is 4.72 Å². The molecule has 0 saturated heterocycles. The van der Waals surface area contributed by atoms with Crippen molar-refractivity contribution in [3.63, 3.8) is 0 Å². The van der Waals surface area contributed by atoms with Gasteiger partial charge in [0.1, 0.15) is 19.0 Å². The van der Waals surface area contributed by atoms with Crippen molar-refractivity contribution in [1.29, 1.82) is 0 Å². The summed E-state index contributed by atoms with van der Waals surface area (Å²) >= 11 is 5.79. The average Bonchev–Trinajstić information content (AvgIpc) is 2.80. The molecule has 1 amide bonds. The van der Waals surface area contributed by atoms with Crippen LogP contribution in [0.3, 0.4) is 0 Å². The van der Waals surface area contributed by atoms with Crippen LogP contribution in [0.1, 0.15) is 49.9 Å². The molecule has 1 atom stereocenters. The van der Waals surface area contributed by atoms with Crippen LogP contribution in [-0.2, 0) is 10.0 Å². The van der Waals surface area contributed by atoms with Gasteiger partial charge in [0.25, 0.3) is 5.91 Å². The van der Waals surface area contributed by atoms with Gasteiger partial charge in [-0.3, -0.25) is 4.79 Å². The molecular weight excluding hydrogens is 471 g/mol. The lowest BCUT2D eigenvalue weighted by Crippen LogP contribution is -2.30. The van der Waals surface area contributed by atoms with Crippen molar-refractivity contribution in [3.8, 4) is 11.5 Å². The molecule has 0 saturated carbocycles. The number of anilines is 1. The standard InChI is InChI=1S/C23H28ClFN2O5S/c1-3-5-6-15(4-2)14-26-33(29,30)17-12-18(22-21(13-17)31-9-10-32-22)23(28)27-16-7-8-20(25)19(24)11-16/h7-8,11-13,15,26H,3-6,9-10,14H2,1-2H3,(H,27,28). The smallest absolute Gasteiger partial charge is 0.259 e. The highest BCUT2D eigenvalue weighted by Gasteiger charge is 2.27. The van der Waals surface area contributed by atoms with E-state index in [0.717, 1.165) is 31.7 Å². The fourth-order valence-electron chi connectivity index (χ4n) is 3.48. The van der Waals surface area contributed by atoms with Gasteiger partial charge in [-0.2, -0.15) is 0 Å². The molecule has 2 aromatic rings. The number of carbonyl (C=O) groups is 1. The predicted molar refractivity (Wildman–Crippen MR) is 125 cm³/mol. The van der Waals surface area contributed by atoms with Crippen LogP contribution < -0.4 is 19.5 Å². The maximum atomic E-state index is 13.4. The van der Waals surface area contributed by atoms with Crippen molar-refractivity contribution in [2.75, 3.05) is 25.1 Å². The molecule has 0 aliphatic carbocycles. The molecular formula is C23H28ClFN2O5S. The zero-order valence-corrected chi connectivity index (χ0v) is 20.2. The summed E-state index contributed by atoms with van der Waals surface area (Å²) in [4.78, 5) is 12.9. The number of carbonyl (C=O) groups excluding carboxylic acids is 1. The minimum atomic E-state index is -3.90. The molecule has 2 aromatic carbocycles. The van der Waals surface area contributed by atoms with Crippen molar-refractivity contribution in [2.45, 2.75) is 44.4 Å². The first kappa shape index (κ1) is 25.3. The summed E-state index contributed by atoms with van der Waals surface area (Å²) in [6.07, 6.45) is 3.87. The van der Waals surface area contributed by atoms with Crippen LogP contribution in [0.15, 0.2) is 35.2 Å². The SMILES string of the molecule is CCCCC(CC)CNS(=O)(=O)c1cc2c(c(C(=O)Nc3ccc(F)c(Cl)c3)c1)OCCO2. The molecule has 1 aliphatic rings. The van der Waals surface area contributed by atoms with Gasteiger partial charge in [-0.1, -0.05) is 44.7 Å². The van der Waals surface area contributed by atoms with E-state index in [1.165, 1.54) is 24.3 Å². The Hall–Kier alpha value is -2.36. The Kier molecular flexibility index (Phi) is 8.56. The molecule has 1 aliphatic heterocycles. The maximum Gasteiger partial charge on any atom is 0.259 e. The number of hydrogen-bond donors (Lipinski definition) is 2. The Balaban J connectivity index is 1.88. The van der Waals surface area contributed by atoms with Crippen LogP contribution >= 0.6 is 11.6 Å². The lowest BCUT2D eigenvalue weighted by Gasteiger charge is -2.22. The minimum absolute atomic E-state index is 0.00829. The van der Waals surface area contributed by atoms with Crippen molar-refractivity contribution in [2.24, 2.45) is 5.92 Å². The highest BCUT2D eigenvalue weighted by Crippen LogP contribution is 2.37. The largest absolute Gasteiger partial charge is 0.486 e. The van der Waals surface area contributed by atoms with E-state index in [0.29, 0.717) is 6.54 Å². The lowest BCUT2D eigenvalue weighted by molar-refractivity contribution is 0.101. The van der Waals surface area contributed by atoms with Gasteiger partial charge in [0.05, 0.1) is 15.5 Å². The zero-order chi connectivity index (χ0) is 24.0. The fraction of sp³-hybridized carbons (Fsp3) is 0.435. The molecule has 0 fully saturated rings. The topological polar surface area (TPSA) is 93.7 Å². The highest BCUT2D eigenvalue weighted by molar-refractivity contribution is 7.89. The summed E-state index contributed by atoms with van der Waals surface area (Å²) in [6, 6.07) is 6.35. The number of amides is 1. The third-order valence-corrected chi connectivity index (χ3v) is 7.15. The Morgan fingerprint density at radius 1 is 1.18 bits per heavy atom. The van der Waals surface area contributed by atoms with E-state index in [1.54, 1.807) is 0 Å². The number of sulfonamides is 1. The van der Waals surface area contributed by atoms with Gasteiger partial charge >= 0.3 is 0 Å². The van der Waals surface area contributed by atoms with E-state index in [2.05, 4.69) is 17.0 Å². The number of hydrogen-bond acceptors (Lipinski definition) is 5. The van der Waals surface area contributed by atoms with E-state index in [1.807, 2.05) is 6.92 Å². The average molecular weight is 499 g/mol. The third-order valence-electron chi connectivity index (χ3n) is 5.45. The van der Waals surface area contributed by atoms with Crippen molar-refractivity contribution < 1.29 is 27.1 Å². The van der Waals surface area contributed by atoms with E-state index >= 15 is 0 Å². The second-order valence-corrected chi connectivity index (χ2v) is 10.0. The minimum Gasteiger partial charge on any atom is -0.486 e. The van der Waals surface area contributed by atoms with Gasteiger partial charge < -0.3 is 14.8 Å². The fourth-order valence-corrected chi connectivity index (χ4v) is 4.82. The summed E-state index contributed by atoms with van der Waals surface area (Å²) in [6.45, 7) is 4.88. The summed E-state index contributed by atoms with van der Waals surface area (Å²) in [5.41, 5.74) is 0.246. The molecule has 180 valence electrons. The number of nitrogens with one attached hydrogen (secondary N) is 2. The van der Waals surface area contributed by atoms with E-state index < -0.39 is 21.7 Å². The van der Waals surface area contributed by atoms with Crippen LogP contribution in [0.2, 0.25) is 5.02 Å². The van der Waals surface area contributed by atoms with Gasteiger partial charge in [-0.05, 0) is 36.6 Å². The summed E-state index contributed by atoms with van der Waals surface area (Å²) in [7, 11) is -3.90. The summed E-state index contributed by atoms with van der Waals surface area (Å²) in [5.74, 6) is -0.703. The van der Waals surface area contributed by atoms with E-state index in [9.17, 15) is 17.6 Å². The second-order valence-electron chi connectivity index (χ2n) is 7.85. The molecule has 0 radical (unpaired) electrons. The second kappa shape index (κ2) is 11.2. The van der Waals surface area contributed by atoms with Crippen molar-refractivity contribution in [3.05, 3.63) is 46.7 Å². The molecule has 0 bridgehead atoms. The first-order valence-corrected chi connectivity index (χ1v) is 12.8. The first-order chi connectivity index (χ1) is 15.7. The maximum absolute atomic E-state index is 13.4. The van der Waals surface area contributed by atoms with Crippen LogP contribution in [0.4, 0.5) is 10.1 Å². The predicted octanol–water partition coefficient (Wildman–Crippen LogP) is 5.00. The van der Waals surface area contributed by atoms with Gasteiger partial charge in [-0.15, -0.1) is 0 Å². The van der Waals surface area contributed by atoms with E-state index in [4.69, 9.17) is 21.1 Å². The number of rotatable bonds is 10. The van der Waals surface area contributed by atoms with Gasteiger partial charge in [0.2, 0.25) is 10.0 Å². The molecule has 3 rings (SSSR count). The highest BCUT2D eigenvalue weighted by atomic mass is 35.5.